The van der Waals surface area contributed by atoms with Crippen LogP contribution in [0.5, 0.6) is 0 Å². The van der Waals surface area contributed by atoms with Gasteiger partial charge in [-0.05, 0) is 92.2 Å². The van der Waals surface area contributed by atoms with E-state index in [1.165, 1.54) is 5.56 Å². The van der Waals surface area contributed by atoms with Gasteiger partial charge < -0.3 is 14.0 Å². The van der Waals surface area contributed by atoms with Gasteiger partial charge in [-0.3, -0.25) is 4.98 Å². The van der Waals surface area contributed by atoms with Crippen molar-refractivity contribution >= 4 is 33.0 Å². The van der Waals surface area contributed by atoms with Crippen molar-refractivity contribution in [3.63, 3.8) is 0 Å². The van der Waals surface area contributed by atoms with E-state index in [9.17, 15) is 13.2 Å². The molecule has 0 saturated heterocycles. The number of benzene rings is 7. The molecule has 67 heavy (non-hydrogen) atoms. The molecule has 0 saturated carbocycles. The van der Waals surface area contributed by atoms with Crippen molar-refractivity contribution in [1.82, 2.24) is 14.5 Å². The molecule has 0 aliphatic carbocycles. The van der Waals surface area contributed by atoms with Gasteiger partial charge in [0.2, 0.25) is 0 Å². The Bertz CT molecular complexity index is 3300. The van der Waals surface area contributed by atoms with Gasteiger partial charge in [-0.2, -0.15) is 13.2 Å². The second-order valence-corrected chi connectivity index (χ2v) is 18.3. The second kappa shape index (κ2) is 18.9. The van der Waals surface area contributed by atoms with E-state index in [-0.39, 0.29) is 48.5 Å². The average molecular weight is 1070 g/mol. The van der Waals surface area contributed by atoms with E-state index in [2.05, 4.69) is 107 Å². The summed E-state index contributed by atoms with van der Waals surface area (Å²) in [6.45, 7) is 15.4. The first-order chi connectivity index (χ1) is 31.7. The van der Waals surface area contributed by atoms with E-state index in [0.29, 0.717) is 33.3 Å². The third-order valence-electron chi connectivity index (χ3n) is 12.1. The number of pyridine rings is 1. The van der Waals surface area contributed by atoms with Gasteiger partial charge in [0.15, 0.2) is 0 Å². The molecule has 0 N–H and O–H groups in total. The van der Waals surface area contributed by atoms with Gasteiger partial charge in [0.25, 0.3) is 0 Å². The molecule has 0 bridgehead atoms. The van der Waals surface area contributed by atoms with Crippen LogP contribution in [0.15, 0.2) is 168 Å². The third kappa shape index (κ3) is 9.26. The van der Waals surface area contributed by atoms with Crippen molar-refractivity contribution < 1.29 is 37.7 Å². The van der Waals surface area contributed by atoms with Crippen LogP contribution >= 0.6 is 0 Å². The summed E-state index contributed by atoms with van der Waals surface area (Å²) >= 11 is 0. The molecule has 0 amide bonds. The van der Waals surface area contributed by atoms with Gasteiger partial charge >= 0.3 is 6.18 Å². The number of hydrogen-bond acceptors (Lipinski definition) is 3. The molecule has 10 rings (SSSR count). The molecular weight excluding hydrogens is 1020 g/mol. The van der Waals surface area contributed by atoms with Crippen molar-refractivity contribution in [1.29, 1.82) is 0 Å². The standard InChI is InChI=1S/C44H34F3N2O.C15H16N.Ir/c1-26(2)35-24-30(28-14-7-5-8-15-28)25-36(27(3)4)40(35)49-38-21-12-11-20-37(38)48-43(49)34-19-13-18-32-33-23-22-31(29-16-9-6-10-17-29)39(44(45,46)47)42(33)50-41(32)34;1-15(2,3)13-9-10-16-14(11-13)12-7-5-4-6-8-12;/h5-18,20-27H,1-4H3;4-7,9-11H,1-3H3;/q2*-1;. The summed E-state index contributed by atoms with van der Waals surface area (Å²) in [5.74, 6) is 0.859. The van der Waals surface area contributed by atoms with Crippen molar-refractivity contribution in [2.75, 3.05) is 0 Å². The maximum atomic E-state index is 15.0. The fourth-order valence-corrected chi connectivity index (χ4v) is 8.74. The Morgan fingerprint density at radius 3 is 1.87 bits per heavy atom. The van der Waals surface area contributed by atoms with E-state index in [0.717, 1.165) is 50.2 Å². The molecular formula is C59H50F3IrN3O-2. The van der Waals surface area contributed by atoms with E-state index >= 15 is 0 Å². The Hall–Kier alpha value is -6.60. The van der Waals surface area contributed by atoms with E-state index in [1.807, 2.05) is 72.9 Å². The Labute approximate surface area is 403 Å². The van der Waals surface area contributed by atoms with Crippen molar-refractivity contribution in [2.24, 2.45) is 0 Å². The molecule has 0 aliphatic heterocycles. The number of nitrogens with zero attached hydrogens (tertiary/aromatic N) is 3. The largest absolute Gasteiger partial charge is 0.500 e. The Kier molecular flexibility index (Phi) is 13.3. The van der Waals surface area contributed by atoms with Crippen LogP contribution in [0.2, 0.25) is 0 Å². The monoisotopic (exact) mass is 1070 g/mol. The molecule has 7 aromatic carbocycles. The molecule has 0 spiro atoms. The molecule has 3 heterocycles. The van der Waals surface area contributed by atoms with Crippen LogP contribution in [0.3, 0.4) is 0 Å². The zero-order valence-electron chi connectivity index (χ0n) is 38.5. The fourth-order valence-electron chi connectivity index (χ4n) is 8.74. The number of halogens is 3. The maximum Gasteiger partial charge on any atom is 0.420 e. The summed E-state index contributed by atoms with van der Waals surface area (Å²) in [4.78, 5) is 9.54. The van der Waals surface area contributed by atoms with Crippen LogP contribution < -0.4 is 0 Å². The molecule has 10 aromatic rings. The zero-order valence-corrected chi connectivity index (χ0v) is 40.9. The predicted molar refractivity (Wildman–Crippen MR) is 264 cm³/mol. The normalized spacial score (nSPS) is 11.9. The molecule has 339 valence electrons. The zero-order chi connectivity index (χ0) is 46.3. The number of hydrogen-bond donors (Lipinski definition) is 0. The SMILES string of the molecule is CC(C)(C)c1ccnc(-c2[c-]cccc2)c1.CC(C)c1cc(-c2ccccc2)cc(C(C)C)c1-n1c(-c2[c-]ccc3c2oc2c(C(F)(F)F)c(-c4ccccc4)ccc23)nc2ccccc21.[Ir]. The van der Waals surface area contributed by atoms with E-state index in [4.69, 9.17) is 9.40 Å². The Morgan fingerprint density at radius 1 is 0.612 bits per heavy atom. The minimum absolute atomic E-state index is 0. The molecule has 0 fully saturated rings. The number of aromatic nitrogens is 3. The minimum atomic E-state index is -4.66. The number of para-hydroxylation sites is 2. The first-order valence-corrected chi connectivity index (χ1v) is 22.4. The molecule has 0 aliphatic rings. The van der Waals surface area contributed by atoms with Crippen LogP contribution in [0.25, 0.3) is 83.6 Å². The predicted octanol–water partition coefficient (Wildman–Crippen LogP) is 16.8. The molecule has 0 atom stereocenters. The van der Waals surface area contributed by atoms with Crippen LogP contribution in [0.1, 0.15) is 82.6 Å². The summed E-state index contributed by atoms with van der Waals surface area (Å²) in [6, 6.07) is 56.9. The fraction of sp³-hybridized carbons (Fsp3) is 0.186. The third-order valence-corrected chi connectivity index (χ3v) is 12.1. The number of alkyl halides is 3. The Balaban J connectivity index is 0.000000303. The summed E-state index contributed by atoms with van der Waals surface area (Å²) < 4.78 is 53.4. The summed E-state index contributed by atoms with van der Waals surface area (Å²) in [5, 5.41) is 0.966. The van der Waals surface area contributed by atoms with E-state index in [1.54, 1.807) is 54.6 Å². The first kappa shape index (κ1) is 46.9. The van der Waals surface area contributed by atoms with Gasteiger partial charge in [-0.15, -0.1) is 54.1 Å². The van der Waals surface area contributed by atoms with Gasteiger partial charge in [0.1, 0.15) is 11.1 Å². The number of rotatable bonds is 7. The summed E-state index contributed by atoms with van der Waals surface area (Å²) in [6.07, 6.45) is -2.79. The van der Waals surface area contributed by atoms with Crippen molar-refractivity contribution in [3.05, 3.63) is 198 Å². The first-order valence-electron chi connectivity index (χ1n) is 22.4. The maximum absolute atomic E-state index is 15.0. The van der Waals surface area contributed by atoms with E-state index < -0.39 is 11.7 Å². The molecule has 0 unspecified atom stereocenters. The van der Waals surface area contributed by atoms with Gasteiger partial charge in [0.05, 0.1) is 22.4 Å². The topological polar surface area (TPSA) is 43.9 Å². The van der Waals surface area contributed by atoms with Crippen LogP contribution in [-0.2, 0) is 31.7 Å². The quantitative estimate of drug-likeness (QED) is 0.149. The average Bonchev–Trinajstić information content (AvgIpc) is 3.90. The molecule has 8 heteroatoms. The summed E-state index contributed by atoms with van der Waals surface area (Å²) in [7, 11) is 0. The van der Waals surface area contributed by atoms with Gasteiger partial charge in [0, 0.05) is 37.4 Å². The second-order valence-electron chi connectivity index (χ2n) is 18.3. The van der Waals surface area contributed by atoms with Crippen molar-refractivity contribution in [3.8, 4) is 50.6 Å². The number of fused-ring (bicyclic) bond motifs is 4. The number of imidazole rings is 1. The molecule has 4 nitrogen and oxygen atoms in total. The van der Waals surface area contributed by atoms with Crippen LogP contribution in [0, 0.1) is 12.1 Å². The van der Waals surface area contributed by atoms with Gasteiger partial charge in [-0.1, -0.05) is 150 Å². The van der Waals surface area contributed by atoms with Crippen molar-refractivity contribution in [2.45, 2.75) is 71.9 Å². The summed E-state index contributed by atoms with van der Waals surface area (Å²) in [5.41, 5.74) is 11.1. The smallest absolute Gasteiger partial charge is 0.420 e. The minimum Gasteiger partial charge on any atom is -0.500 e. The van der Waals surface area contributed by atoms with Crippen LogP contribution in [-0.4, -0.2) is 14.5 Å². The molecule has 1 radical (unpaired) electrons. The Morgan fingerprint density at radius 2 is 1.24 bits per heavy atom. The van der Waals surface area contributed by atoms with Gasteiger partial charge in [-0.25, -0.2) is 0 Å². The molecule has 3 aromatic heterocycles. The van der Waals surface area contributed by atoms with Crippen LogP contribution in [0.4, 0.5) is 13.2 Å². The number of furan rings is 1.